The van der Waals surface area contributed by atoms with Crippen LogP contribution in [0.25, 0.3) is 0 Å². The van der Waals surface area contributed by atoms with Crippen LogP contribution in [0.3, 0.4) is 0 Å². The first kappa shape index (κ1) is 13.2. The zero-order valence-electron chi connectivity index (χ0n) is 10.8. The number of aromatic nitrogens is 1. The molecule has 0 unspecified atom stereocenters. The minimum atomic E-state index is 0.753. The van der Waals surface area contributed by atoms with E-state index >= 15 is 0 Å². The lowest BCUT2D eigenvalue weighted by Crippen LogP contribution is -2.13. The molecule has 0 atom stereocenters. The lowest BCUT2D eigenvalue weighted by Gasteiger charge is -2.05. The van der Waals surface area contributed by atoms with Crippen molar-refractivity contribution in [2.24, 2.45) is 0 Å². The molecule has 2 rings (SSSR count). The third kappa shape index (κ3) is 3.62. The minimum Gasteiger partial charge on any atom is -0.464 e. The number of hydrogen-bond donors (Lipinski definition) is 1. The summed E-state index contributed by atoms with van der Waals surface area (Å²) in [6.45, 7) is 3.67. The standard InChI is InChI=1S/C14H18N2OS/c1-11-5-6-15-7-12(11)8-16-9-13-3-4-14(17-13)10-18-2/h3-7,16H,8-10H2,1-2H3. The van der Waals surface area contributed by atoms with E-state index in [4.69, 9.17) is 4.42 Å². The topological polar surface area (TPSA) is 38.1 Å². The molecule has 4 heteroatoms. The summed E-state index contributed by atoms with van der Waals surface area (Å²) in [4.78, 5) is 4.13. The number of pyridine rings is 1. The number of rotatable bonds is 6. The Morgan fingerprint density at radius 3 is 2.83 bits per heavy atom. The first-order valence-electron chi connectivity index (χ1n) is 5.96. The highest BCUT2D eigenvalue weighted by atomic mass is 32.2. The van der Waals surface area contributed by atoms with Crippen molar-refractivity contribution in [1.82, 2.24) is 10.3 Å². The number of furan rings is 1. The molecule has 0 fully saturated rings. The van der Waals surface area contributed by atoms with Crippen molar-refractivity contribution in [2.45, 2.75) is 25.8 Å². The van der Waals surface area contributed by atoms with E-state index in [1.165, 1.54) is 11.1 Å². The molecule has 0 aliphatic rings. The largest absolute Gasteiger partial charge is 0.464 e. The maximum absolute atomic E-state index is 5.69. The Hall–Kier alpha value is -1.26. The summed E-state index contributed by atoms with van der Waals surface area (Å²) in [5.74, 6) is 2.96. The van der Waals surface area contributed by atoms with Crippen LogP contribution in [-0.2, 0) is 18.8 Å². The van der Waals surface area contributed by atoms with E-state index in [0.29, 0.717) is 0 Å². The van der Waals surface area contributed by atoms with Gasteiger partial charge in [-0.25, -0.2) is 0 Å². The average molecular weight is 262 g/mol. The van der Waals surface area contributed by atoms with Crippen LogP contribution < -0.4 is 5.32 Å². The molecular formula is C14H18N2OS. The quantitative estimate of drug-likeness (QED) is 0.868. The van der Waals surface area contributed by atoms with Gasteiger partial charge in [0.1, 0.15) is 11.5 Å². The van der Waals surface area contributed by atoms with Gasteiger partial charge in [-0.15, -0.1) is 0 Å². The summed E-state index contributed by atoms with van der Waals surface area (Å²) < 4.78 is 5.69. The van der Waals surface area contributed by atoms with Crippen molar-refractivity contribution in [3.8, 4) is 0 Å². The summed E-state index contributed by atoms with van der Waals surface area (Å²) in [7, 11) is 0. The lowest BCUT2D eigenvalue weighted by molar-refractivity contribution is 0.459. The van der Waals surface area contributed by atoms with E-state index in [-0.39, 0.29) is 0 Å². The molecule has 18 heavy (non-hydrogen) atoms. The number of nitrogens with zero attached hydrogens (tertiary/aromatic N) is 1. The summed E-state index contributed by atoms with van der Waals surface area (Å²) in [5, 5.41) is 3.37. The number of hydrogen-bond acceptors (Lipinski definition) is 4. The Morgan fingerprint density at radius 1 is 1.22 bits per heavy atom. The zero-order chi connectivity index (χ0) is 12.8. The van der Waals surface area contributed by atoms with Crippen molar-refractivity contribution in [1.29, 1.82) is 0 Å². The van der Waals surface area contributed by atoms with Crippen LogP contribution in [0, 0.1) is 6.92 Å². The van der Waals surface area contributed by atoms with Crippen LogP contribution in [0.2, 0.25) is 0 Å². The highest BCUT2D eigenvalue weighted by Crippen LogP contribution is 2.13. The highest BCUT2D eigenvalue weighted by Gasteiger charge is 2.02. The van der Waals surface area contributed by atoms with E-state index in [0.717, 1.165) is 30.4 Å². The van der Waals surface area contributed by atoms with E-state index in [9.17, 15) is 0 Å². The molecule has 2 aromatic rings. The van der Waals surface area contributed by atoms with Gasteiger partial charge in [0, 0.05) is 18.9 Å². The molecule has 0 saturated heterocycles. The van der Waals surface area contributed by atoms with E-state index in [1.807, 2.05) is 30.6 Å². The van der Waals surface area contributed by atoms with Crippen LogP contribution in [-0.4, -0.2) is 11.2 Å². The maximum atomic E-state index is 5.69. The van der Waals surface area contributed by atoms with Gasteiger partial charge < -0.3 is 9.73 Å². The minimum absolute atomic E-state index is 0.753. The van der Waals surface area contributed by atoms with Gasteiger partial charge in [0.15, 0.2) is 0 Å². The summed E-state index contributed by atoms with van der Waals surface area (Å²) >= 11 is 1.77. The maximum Gasteiger partial charge on any atom is 0.118 e. The summed E-state index contributed by atoms with van der Waals surface area (Å²) in [6, 6.07) is 6.11. The van der Waals surface area contributed by atoms with Crippen LogP contribution >= 0.6 is 11.8 Å². The van der Waals surface area contributed by atoms with Gasteiger partial charge in [0.05, 0.1) is 12.3 Å². The smallest absolute Gasteiger partial charge is 0.118 e. The lowest BCUT2D eigenvalue weighted by atomic mass is 10.1. The van der Waals surface area contributed by atoms with Crippen molar-refractivity contribution < 1.29 is 4.42 Å². The average Bonchev–Trinajstić information content (AvgIpc) is 2.80. The third-order valence-electron chi connectivity index (χ3n) is 2.77. The van der Waals surface area contributed by atoms with Gasteiger partial charge in [-0.05, 0) is 42.5 Å². The molecule has 2 aromatic heterocycles. The third-order valence-corrected chi connectivity index (χ3v) is 3.34. The van der Waals surface area contributed by atoms with Gasteiger partial charge >= 0.3 is 0 Å². The van der Waals surface area contributed by atoms with Crippen molar-refractivity contribution in [3.63, 3.8) is 0 Å². The Kier molecular flexibility index (Phi) is 4.84. The molecule has 0 spiro atoms. The first-order valence-corrected chi connectivity index (χ1v) is 7.35. The van der Waals surface area contributed by atoms with Crippen LogP contribution in [0.4, 0.5) is 0 Å². The molecule has 3 nitrogen and oxygen atoms in total. The predicted molar refractivity (Wildman–Crippen MR) is 75.4 cm³/mol. The molecule has 2 heterocycles. The van der Waals surface area contributed by atoms with Crippen molar-refractivity contribution in [2.75, 3.05) is 6.26 Å². The fraction of sp³-hybridized carbons (Fsp3) is 0.357. The van der Waals surface area contributed by atoms with E-state index in [1.54, 1.807) is 11.8 Å². The molecule has 0 radical (unpaired) electrons. The van der Waals surface area contributed by atoms with Gasteiger partial charge in [0.25, 0.3) is 0 Å². The number of aryl methyl sites for hydroxylation is 1. The van der Waals surface area contributed by atoms with Crippen molar-refractivity contribution in [3.05, 3.63) is 53.2 Å². The van der Waals surface area contributed by atoms with Gasteiger partial charge in [-0.3, -0.25) is 4.98 Å². The molecule has 0 aromatic carbocycles. The molecule has 0 amide bonds. The summed E-state index contributed by atoms with van der Waals surface area (Å²) in [5.41, 5.74) is 2.49. The molecule has 96 valence electrons. The zero-order valence-corrected chi connectivity index (χ0v) is 11.6. The molecule has 0 aliphatic carbocycles. The monoisotopic (exact) mass is 262 g/mol. The molecule has 0 bridgehead atoms. The molecule has 1 N–H and O–H groups in total. The Morgan fingerprint density at radius 2 is 2.06 bits per heavy atom. The summed E-state index contributed by atoms with van der Waals surface area (Å²) in [6.07, 6.45) is 5.80. The Labute approximate surface area is 112 Å². The number of nitrogens with one attached hydrogen (secondary N) is 1. The van der Waals surface area contributed by atoms with Crippen LogP contribution in [0.5, 0.6) is 0 Å². The van der Waals surface area contributed by atoms with E-state index in [2.05, 4.69) is 23.5 Å². The van der Waals surface area contributed by atoms with Gasteiger partial charge in [-0.2, -0.15) is 11.8 Å². The second-order valence-corrected chi connectivity index (χ2v) is 5.07. The second kappa shape index (κ2) is 6.61. The predicted octanol–water partition coefficient (Wildman–Crippen LogP) is 3.14. The Balaban J connectivity index is 1.83. The fourth-order valence-electron chi connectivity index (χ4n) is 1.74. The Bertz CT molecular complexity index is 496. The normalized spacial score (nSPS) is 10.8. The van der Waals surface area contributed by atoms with E-state index < -0.39 is 0 Å². The van der Waals surface area contributed by atoms with Crippen molar-refractivity contribution >= 4 is 11.8 Å². The molecular weight excluding hydrogens is 244 g/mol. The van der Waals surface area contributed by atoms with Gasteiger partial charge in [0.2, 0.25) is 0 Å². The molecule has 0 saturated carbocycles. The van der Waals surface area contributed by atoms with Gasteiger partial charge in [-0.1, -0.05) is 0 Å². The van der Waals surface area contributed by atoms with Crippen LogP contribution in [0.1, 0.15) is 22.6 Å². The fourth-order valence-corrected chi connectivity index (χ4v) is 2.18. The molecule has 0 aliphatic heterocycles. The SMILES string of the molecule is CSCc1ccc(CNCc2cnccc2C)o1. The second-order valence-electron chi connectivity index (χ2n) is 4.21. The first-order chi connectivity index (χ1) is 8.79. The highest BCUT2D eigenvalue weighted by molar-refractivity contribution is 7.97. The van der Waals surface area contributed by atoms with Crippen LogP contribution in [0.15, 0.2) is 35.0 Å². The number of thioether (sulfide) groups is 1.